The minimum atomic E-state index is -1.17. The van der Waals surface area contributed by atoms with Crippen LogP contribution < -0.4 is 5.32 Å². The monoisotopic (exact) mass is 307 g/mol. The summed E-state index contributed by atoms with van der Waals surface area (Å²) in [6.07, 6.45) is 3.30. The van der Waals surface area contributed by atoms with Crippen LogP contribution >= 0.6 is 0 Å². The van der Waals surface area contributed by atoms with E-state index in [9.17, 15) is 4.55 Å². The van der Waals surface area contributed by atoms with Crippen molar-refractivity contribution in [1.29, 1.82) is 0 Å². The van der Waals surface area contributed by atoms with Crippen LogP contribution in [0.15, 0.2) is 35.7 Å². The molecule has 21 heavy (non-hydrogen) atoms. The standard InChI is InChI=1S/C15H21N3O2S/c1-3-20-10-9-16-14-6-4-5-12(2)13(14)11-21(19)15-17-7-8-18-15/h4-8,16H,3,9-11H2,1-2H3,(H,17,18). The van der Waals surface area contributed by atoms with Gasteiger partial charge in [-0.05, 0) is 25.5 Å². The Bertz CT molecular complexity index is 546. The first kappa shape index (κ1) is 15.9. The molecule has 1 atom stereocenters. The van der Waals surface area contributed by atoms with Crippen LogP contribution in [0.2, 0.25) is 0 Å². The van der Waals surface area contributed by atoms with E-state index in [-0.39, 0.29) is 0 Å². The fraction of sp³-hybridized carbons (Fsp3) is 0.400. The number of nitrogens with one attached hydrogen (secondary N) is 2. The number of aromatic amines is 1. The molecule has 1 heterocycles. The molecule has 0 aliphatic rings. The van der Waals surface area contributed by atoms with Crippen LogP contribution in [0.1, 0.15) is 18.1 Å². The SMILES string of the molecule is CCOCCNc1cccc(C)c1C[S+]([O-])c1ncc[nH]1. The summed E-state index contributed by atoms with van der Waals surface area (Å²) in [6.45, 7) is 6.11. The largest absolute Gasteiger partial charge is 0.609 e. The number of imidazole rings is 1. The molecule has 0 radical (unpaired) electrons. The van der Waals surface area contributed by atoms with Crippen LogP contribution in [-0.2, 0) is 21.7 Å². The van der Waals surface area contributed by atoms with Crippen molar-refractivity contribution >= 4 is 16.9 Å². The van der Waals surface area contributed by atoms with Gasteiger partial charge in [0.2, 0.25) is 0 Å². The predicted octanol–water partition coefficient (Wildman–Crippen LogP) is 2.47. The Hall–Kier alpha value is -1.50. The van der Waals surface area contributed by atoms with Crippen molar-refractivity contribution in [3.8, 4) is 0 Å². The highest BCUT2D eigenvalue weighted by Crippen LogP contribution is 2.24. The maximum atomic E-state index is 12.3. The van der Waals surface area contributed by atoms with E-state index in [1.165, 1.54) is 0 Å². The average molecular weight is 307 g/mol. The number of hydrogen-bond acceptors (Lipinski definition) is 4. The molecule has 0 saturated heterocycles. The molecule has 1 aromatic carbocycles. The van der Waals surface area contributed by atoms with Crippen molar-refractivity contribution in [2.75, 3.05) is 25.1 Å². The van der Waals surface area contributed by atoms with E-state index in [0.717, 1.165) is 23.4 Å². The highest BCUT2D eigenvalue weighted by atomic mass is 32.2. The maximum absolute atomic E-state index is 12.3. The van der Waals surface area contributed by atoms with Crippen LogP contribution in [-0.4, -0.2) is 34.3 Å². The lowest BCUT2D eigenvalue weighted by molar-refractivity contribution is 0.158. The van der Waals surface area contributed by atoms with E-state index >= 15 is 0 Å². The zero-order valence-corrected chi connectivity index (χ0v) is 13.2. The maximum Gasteiger partial charge on any atom is 0.320 e. The molecule has 0 amide bonds. The van der Waals surface area contributed by atoms with Gasteiger partial charge in [0.1, 0.15) is 5.75 Å². The Morgan fingerprint density at radius 3 is 3.00 bits per heavy atom. The van der Waals surface area contributed by atoms with Crippen LogP contribution in [0.5, 0.6) is 0 Å². The van der Waals surface area contributed by atoms with Gasteiger partial charge in [0.25, 0.3) is 0 Å². The fourth-order valence-corrected chi connectivity index (χ4v) is 3.20. The molecule has 2 aromatic rings. The Morgan fingerprint density at radius 1 is 1.43 bits per heavy atom. The number of H-pyrrole nitrogens is 1. The Balaban J connectivity index is 2.06. The number of aryl methyl sites for hydroxylation is 1. The average Bonchev–Trinajstić information content (AvgIpc) is 3.01. The molecule has 5 nitrogen and oxygen atoms in total. The third kappa shape index (κ3) is 4.49. The zero-order valence-electron chi connectivity index (χ0n) is 12.4. The lowest BCUT2D eigenvalue weighted by Gasteiger charge is -2.15. The van der Waals surface area contributed by atoms with E-state index < -0.39 is 11.2 Å². The Kier molecular flexibility index (Phi) is 6.10. The van der Waals surface area contributed by atoms with Crippen LogP contribution in [0.3, 0.4) is 0 Å². The van der Waals surface area contributed by atoms with E-state index in [0.29, 0.717) is 24.1 Å². The molecule has 1 aromatic heterocycles. The predicted molar refractivity (Wildman–Crippen MR) is 84.9 cm³/mol. The number of aromatic nitrogens is 2. The van der Waals surface area contributed by atoms with E-state index in [1.54, 1.807) is 12.4 Å². The summed E-state index contributed by atoms with van der Waals surface area (Å²) in [7, 11) is 0. The van der Waals surface area contributed by atoms with Gasteiger partial charge in [-0.25, -0.2) is 0 Å². The highest BCUT2D eigenvalue weighted by molar-refractivity contribution is 7.90. The van der Waals surface area contributed by atoms with Crippen molar-refractivity contribution < 1.29 is 9.29 Å². The molecule has 114 valence electrons. The second-order valence-electron chi connectivity index (χ2n) is 4.61. The van der Waals surface area contributed by atoms with E-state index in [4.69, 9.17) is 4.74 Å². The lowest BCUT2D eigenvalue weighted by Crippen LogP contribution is -2.14. The molecule has 0 bridgehead atoms. The smallest absolute Gasteiger partial charge is 0.320 e. The molecule has 0 aliphatic carbocycles. The fourth-order valence-electron chi connectivity index (χ4n) is 2.04. The first-order valence-corrected chi connectivity index (χ1v) is 8.32. The Morgan fingerprint density at radius 2 is 2.29 bits per heavy atom. The highest BCUT2D eigenvalue weighted by Gasteiger charge is 2.18. The van der Waals surface area contributed by atoms with Crippen molar-refractivity contribution in [3.63, 3.8) is 0 Å². The summed E-state index contributed by atoms with van der Waals surface area (Å²) in [5.41, 5.74) is 3.19. The first-order valence-electron chi connectivity index (χ1n) is 7.00. The number of nitrogens with zero attached hydrogens (tertiary/aromatic N) is 1. The second kappa shape index (κ2) is 8.07. The van der Waals surface area contributed by atoms with Gasteiger partial charge in [-0.15, -0.1) is 0 Å². The molecule has 0 aliphatic heterocycles. The summed E-state index contributed by atoms with van der Waals surface area (Å²) in [4.78, 5) is 6.97. The van der Waals surface area contributed by atoms with Crippen molar-refractivity contribution in [2.45, 2.75) is 24.8 Å². The van der Waals surface area contributed by atoms with Gasteiger partial charge in [0, 0.05) is 48.0 Å². The summed E-state index contributed by atoms with van der Waals surface area (Å²) >= 11 is -1.17. The van der Waals surface area contributed by atoms with Gasteiger partial charge in [-0.2, -0.15) is 4.98 Å². The molecule has 0 fully saturated rings. The van der Waals surface area contributed by atoms with Crippen molar-refractivity contribution in [1.82, 2.24) is 9.97 Å². The molecular formula is C15H21N3O2S. The van der Waals surface area contributed by atoms with Gasteiger partial charge in [0.15, 0.2) is 0 Å². The molecular weight excluding hydrogens is 286 g/mol. The van der Waals surface area contributed by atoms with Gasteiger partial charge < -0.3 is 19.6 Å². The minimum Gasteiger partial charge on any atom is -0.609 e. The van der Waals surface area contributed by atoms with Gasteiger partial charge >= 0.3 is 5.16 Å². The van der Waals surface area contributed by atoms with Gasteiger partial charge in [-0.3, -0.25) is 0 Å². The molecule has 1 unspecified atom stereocenters. The number of anilines is 1. The number of benzene rings is 1. The van der Waals surface area contributed by atoms with Gasteiger partial charge in [0.05, 0.1) is 6.61 Å². The number of rotatable bonds is 8. The van der Waals surface area contributed by atoms with Gasteiger partial charge in [-0.1, -0.05) is 12.1 Å². The van der Waals surface area contributed by atoms with Crippen LogP contribution in [0.4, 0.5) is 5.69 Å². The molecule has 0 saturated carbocycles. The van der Waals surface area contributed by atoms with Crippen molar-refractivity contribution in [3.05, 3.63) is 41.7 Å². The number of hydrogen-bond donors (Lipinski definition) is 2. The summed E-state index contributed by atoms with van der Waals surface area (Å²) < 4.78 is 17.6. The Labute approximate surface area is 128 Å². The number of ether oxygens (including phenoxy) is 1. The molecule has 2 N–H and O–H groups in total. The second-order valence-corrected chi connectivity index (χ2v) is 5.98. The van der Waals surface area contributed by atoms with E-state index in [1.807, 2.05) is 32.0 Å². The lowest BCUT2D eigenvalue weighted by atomic mass is 10.1. The molecule has 6 heteroatoms. The molecule has 0 spiro atoms. The van der Waals surface area contributed by atoms with Crippen LogP contribution in [0, 0.1) is 6.92 Å². The first-order chi connectivity index (χ1) is 10.2. The normalized spacial score (nSPS) is 12.3. The third-order valence-corrected chi connectivity index (χ3v) is 4.35. The third-order valence-electron chi connectivity index (χ3n) is 3.14. The quantitative estimate of drug-likeness (QED) is 0.580. The summed E-state index contributed by atoms with van der Waals surface area (Å²) in [5.74, 6) is 0.442. The van der Waals surface area contributed by atoms with Crippen LogP contribution in [0.25, 0.3) is 0 Å². The summed E-state index contributed by atoms with van der Waals surface area (Å²) in [6, 6.07) is 6.04. The summed E-state index contributed by atoms with van der Waals surface area (Å²) in [5, 5.41) is 3.86. The topological polar surface area (TPSA) is 73.0 Å². The zero-order chi connectivity index (χ0) is 15.1. The van der Waals surface area contributed by atoms with Crippen molar-refractivity contribution in [2.24, 2.45) is 0 Å². The van der Waals surface area contributed by atoms with E-state index in [2.05, 4.69) is 15.3 Å². The molecule has 2 rings (SSSR count). The minimum absolute atomic E-state index is 0.442.